The van der Waals surface area contributed by atoms with Gasteiger partial charge in [0.05, 0.1) is 0 Å². The van der Waals surface area contributed by atoms with Crippen molar-refractivity contribution in [3.05, 3.63) is 0 Å². The molecule has 0 bridgehead atoms. The monoisotopic (exact) mass is 1530 g/mol. The predicted octanol–water partition coefficient (Wildman–Crippen LogP) is 29.2. The van der Waals surface area contributed by atoms with E-state index in [9.17, 15) is 0 Å². The second-order valence-corrected chi connectivity index (χ2v) is 50.1. The highest BCUT2D eigenvalue weighted by Crippen LogP contribution is 2.72. The molecule has 27 atom stereocenters. The molecule has 22 rings (SSSR count). The number of hydrogen-bond donors (Lipinski definition) is 0. The Morgan fingerprint density at radius 2 is 0.580 bits per heavy atom. The quantitative estimate of drug-likeness (QED) is 0.191. The van der Waals surface area contributed by atoms with Gasteiger partial charge in [0.15, 0.2) is 6.71 Å². The Hall–Kier alpha value is -0.0551. The molecule has 0 amide bonds. The lowest BCUT2D eigenvalue weighted by atomic mass is 9.18. The first-order valence-electron chi connectivity index (χ1n) is 54.5. The summed E-state index contributed by atoms with van der Waals surface area (Å²) < 4.78 is 0. The molecule has 3 nitrogen and oxygen atoms in total. The van der Waals surface area contributed by atoms with Crippen LogP contribution in [0, 0.1) is 165 Å². The van der Waals surface area contributed by atoms with Crippen molar-refractivity contribution < 1.29 is 0 Å². The lowest BCUT2D eigenvalue weighted by Gasteiger charge is -2.73. The van der Waals surface area contributed by atoms with Crippen molar-refractivity contribution in [2.24, 2.45) is 165 Å². The molecule has 112 heavy (non-hydrogen) atoms. The van der Waals surface area contributed by atoms with Crippen LogP contribution in [0.25, 0.3) is 0 Å². The highest BCUT2D eigenvalue weighted by Gasteiger charge is 2.71. The van der Waals surface area contributed by atoms with Gasteiger partial charge in [-0.25, -0.2) is 0 Å². The zero-order valence-electron chi connectivity index (χ0n) is 73.9. The van der Waals surface area contributed by atoms with Gasteiger partial charge >= 0.3 is 0 Å². The molecular formula is C108H178BN3. The summed E-state index contributed by atoms with van der Waals surface area (Å²) in [5.41, 5.74) is 0.449. The number of nitrogens with zero attached hydrogens (tertiary/aromatic N) is 3. The molecule has 19 saturated carbocycles. The van der Waals surface area contributed by atoms with Crippen molar-refractivity contribution in [1.82, 2.24) is 14.7 Å². The minimum atomic E-state index is 0.449. The van der Waals surface area contributed by atoms with E-state index in [4.69, 9.17) is 0 Å². The Morgan fingerprint density at radius 3 is 1.07 bits per heavy atom. The van der Waals surface area contributed by atoms with Crippen LogP contribution >= 0.6 is 0 Å². The van der Waals surface area contributed by atoms with Gasteiger partial charge in [0.2, 0.25) is 0 Å². The molecule has 0 aromatic carbocycles. The van der Waals surface area contributed by atoms with Gasteiger partial charge in [0.1, 0.15) is 0 Å². The summed E-state index contributed by atoms with van der Waals surface area (Å²) in [6.07, 6.45) is 104. The molecule has 19 aliphatic carbocycles. The SMILES string of the molecule is CC(C)(C)C1CCC(C2CC3C4B(C5CC(C6CCC7CCCC8C9CCCC%10CCCC(C%109)C6C78)CCC5N3C3C(C5CCCCC5)CC(C5CCCCC5)CC3C3CCCCC3)C3CCC(N5C6CCCCC6C6CCCCC65)CC3N(C3C(C5CCCCC5)CC(C5CCCCC5)CC3C3CCCCC3)C4C2)CC1. The summed E-state index contributed by atoms with van der Waals surface area (Å²) in [7, 11) is 0. The van der Waals surface area contributed by atoms with Crippen LogP contribution in [0.2, 0.25) is 17.5 Å². The van der Waals surface area contributed by atoms with E-state index in [2.05, 4.69) is 35.5 Å². The largest absolute Gasteiger partial charge is 0.295 e. The van der Waals surface area contributed by atoms with Crippen LogP contribution in [0.1, 0.15) is 438 Å². The summed E-state index contributed by atoms with van der Waals surface area (Å²) in [5, 5.41) is 0. The molecule has 27 unspecified atom stereocenters. The van der Waals surface area contributed by atoms with E-state index < -0.39 is 0 Å². The Bertz CT molecular complexity index is 2950. The smallest absolute Gasteiger partial charge is 0.156 e. The van der Waals surface area contributed by atoms with E-state index in [0.29, 0.717) is 5.41 Å². The fraction of sp³-hybridized carbons (Fsp3) is 1.00. The first kappa shape index (κ1) is 78.0. The lowest BCUT2D eigenvalue weighted by Crippen LogP contribution is -2.77. The molecule has 0 spiro atoms. The van der Waals surface area contributed by atoms with Crippen LogP contribution in [-0.4, -0.2) is 75.8 Å². The Labute approximate surface area is 692 Å². The lowest BCUT2D eigenvalue weighted by molar-refractivity contribution is -0.169. The topological polar surface area (TPSA) is 9.72 Å². The normalized spacial score (nSPS) is 50.9. The van der Waals surface area contributed by atoms with Crippen molar-refractivity contribution >= 4 is 6.71 Å². The van der Waals surface area contributed by atoms with E-state index in [1.54, 1.807) is 417 Å². The van der Waals surface area contributed by atoms with Gasteiger partial charge < -0.3 is 0 Å². The van der Waals surface area contributed by atoms with Crippen LogP contribution in [0.5, 0.6) is 0 Å². The zero-order chi connectivity index (χ0) is 74.3. The zero-order valence-corrected chi connectivity index (χ0v) is 73.9. The first-order chi connectivity index (χ1) is 55.2. The fourth-order valence-electron chi connectivity index (χ4n) is 41.7. The minimum absolute atomic E-state index is 0.449. The van der Waals surface area contributed by atoms with E-state index in [1.165, 1.54) is 0 Å². The van der Waals surface area contributed by atoms with Crippen molar-refractivity contribution in [2.75, 3.05) is 0 Å². The minimum Gasteiger partial charge on any atom is -0.295 e. The van der Waals surface area contributed by atoms with Gasteiger partial charge in [0.25, 0.3) is 0 Å². The Morgan fingerprint density at radius 1 is 0.196 bits per heavy atom. The maximum absolute atomic E-state index is 4.11. The molecule has 3 saturated heterocycles. The molecule has 3 heterocycles. The van der Waals surface area contributed by atoms with Gasteiger partial charge in [-0.05, 0) is 330 Å². The van der Waals surface area contributed by atoms with Gasteiger partial charge in [-0.3, -0.25) is 14.7 Å². The summed E-state index contributed by atoms with van der Waals surface area (Å²) >= 11 is 0. The van der Waals surface area contributed by atoms with Gasteiger partial charge in [-0.1, -0.05) is 290 Å². The molecule has 0 radical (unpaired) electrons. The molecule has 22 fully saturated rings. The predicted molar refractivity (Wildman–Crippen MR) is 470 cm³/mol. The van der Waals surface area contributed by atoms with Gasteiger partial charge in [0, 0.05) is 54.4 Å². The molecule has 0 aromatic rings. The van der Waals surface area contributed by atoms with Gasteiger partial charge in [-0.15, -0.1) is 0 Å². The van der Waals surface area contributed by atoms with Crippen LogP contribution < -0.4 is 0 Å². The summed E-state index contributed by atoms with van der Waals surface area (Å²) in [5.74, 6) is 30.8. The Balaban J connectivity index is 0.737. The third-order valence-electron chi connectivity index (χ3n) is 45.4. The molecule has 4 heteroatoms. The maximum atomic E-state index is 4.11. The van der Waals surface area contributed by atoms with Crippen LogP contribution in [0.3, 0.4) is 0 Å². The number of hydrogen-bond acceptors (Lipinski definition) is 3. The van der Waals surface area contributed by atoms with Crippen LogP contribution in [0.15, 0.2) is 0 Å². The highest BCUT2D eigenvalue weighted by molar-refractivity contribution is 6.65. The second-order valence-electron chi connectivity index (χ2n) is 50.1. The molecule has 0 N–H and O–H groups in total. The Kier molecular flexibility index (Phi) is 23.4. The molecule has 3 aliphatic heterocycles. The maximum Gasteiger partial charge on any atom is 0.156 e. The van der Waals surface area contributed by atoms with Crippen LogP contribution in [0.4, 0.5) is 0 Å². The highest BCUT2D eigenvalue weighted by atomic mass is 15.3. The third kappa shape index (κ3) is 14.2. The average Bonchev–Trinajstić information content (AvgIpc) is 0.706. The molecule has 628 valence electrons. The molecule has 22 aliphatic rings. The first-order valence-corrected chi connectivity index (χ1v) is 54.5. The fourth-order valence-corrected chi connectivity index (χ4v) is 41.7. The second kappa shape index (κ2) is 33.5. The van der Waals surface area contributed by atoms with Crippen molar-refractivity contribution in [1.29, 1.82) is 0 Å². The standard InChI is InChI=1S/C108H178BN3/c1-108(2,3)82-55-51-71(52-56-82)81-66-100-105-101(67-81)112(107-92(74-37-18-8-19-38-74)63-80(70-31-12-5-13-32-70)64-93(107)75-39-20-9-21-40-75)99-68-83(110-96-49-24-22-44-85(96)86-45-23-25-50-97(86)110)57-59-94(99)109(105)95-65-78(84-58-53-77-43-27-47-88-87-46-26-41-76-42-28-48-89(102(76)87)104(84)103(77)88)54-60-98(95)111(100)106-90(72-33-14-6-15-34-72)61-79(69-29-10-4-11-30-69)62-91(106)73-35-16-7-17-36-73/h69-107H,4-68H2,1-3H3. The number of fused-ring (bicyclic) bond motifs is 9. The third-order valence-corrected chi connectivity index (χ3v) is 45.4. The number of rotatable bonds is 11. The van der Waals surface area contributed by atoms with Crippen molar-refractivity contribution in [3.63, 3.8) is 0 Å². The molecular weight excluding hydrogens is 1350 g/mol. The van der Waals surface area contributed by atoms with E-state index in [1.807, 2.05) is 0 Å². The van der Waals surface area contributed by atoms with Crippen molar-refractivity contribution in [2.45, 2.75) is 510 Å². The summed E-state index contributed by atoms with van der Waals surface area (Å²) in [6.45, 7) is 9.04. The van der Waals surface area contributed by atoms with Crippen molar-refractivity contribution in [3.8, 4) is 0 Å². The van der Waals surface area contributed by atoms with Crippen LogP contribution in [-0.2, 0) is 0 Å². The van der Waals surface area contributed by atoms with E-state index >= 15 is 0 Å². The summed E-state index contributed by atoms with van der Waals surface area (Å²) in [4.78, 5) is 11.8. The average molecular weight is 1530 g/mol. The van der Waals surface area contributed by atoms with E-state index in [-0.39, 0.29) is 0 Å². The number of likely N-dealkylation sites (tertiary alicyclic amines) is 1. The molecule has 0 aromatic heterocycles. The van der Waals surface area contributed by atoms with Gasteiger partial charge in [-0.2, -0.15) is 0 Å². The van der Waals surface area contributed by atoms with E-state index in [0.717, 1.165) is 238 Å². The summed E-state index contributed by atoms with van der Waals surface area (Å²) in [6, 6.07) is 7.88.